The minimum absolute atomic E-state index is 0.0100. The smallest absolute Gasteiger partial charge is 0.254 e. The number of fused-ring (bicyclic) bond motifs is 1. The number of hydrogen-bond donors (Lipinski definition) is 0. The van der Waals surface area contributed by atoms with Crippen molar-refractivity contribution < 1.29 is 14.3 Å². The lowest BCUT2D eigenvalue weighted by Crippen LogP contribution is -2.46. The fraction of sp³-hybridized carbons (Fsp3) is 0.259. The first-order valence-corrected chi connectivity index (χ1v) is 11.9. The minimum atomic E-state index is -0.220. The first-order chi connectivity index (χ1) is 16.0. The van der Waals surface area contributed by atoms with E-state index >= 15 is 0 Å². The van der Waals surface area contributed by atoms with E-state index in [-0.39, 0.29) is 30.9 Å². The second kappa shape index (κ2) is 10.0. The van der Waals surface area contributed by atoms with E-state index in [4.69, 9.17) is 4.74 Å². The van der Waals surface area contributed by atoms with E-state index in [1.54, 1.807) is 53.7 Å². The summed E-state index contributed by atoms with van der Waals surface area (Å²) in [5.74, 6) is 0.309. The number of methoxy groups -OCH3 is 1. The summed E-state index contributed by atoms with van der Waals surface area (Å²) in [5.41, 5.74) is 3.93. The van der Waals surface area contributed by atoms with Crippen LogP contribution in [0.5, 0.6) is 5.75 Å². The number of hydrogen-bond acceptors (Lipinski definition) is 4. The molecule has 2 heterocycles. The van der Waals surface area contributed by atoms with Crippen LogP contribution < -0.4 is 4.74 Å². The standard InChI is InChI=1S/C27H28N2O3S/c1-4-14-28(27(31)21-6-5-7-22(17-21)32-3)18-25(30)29-15-12-24-23(13-16-33-24)26(29)20-10-8-19(2)9-11-20/h4-11,13,16-17,26H,1,12,14-15,18H2,2-3H3. The van der Waals surface area contributed by atoms with Gasteiger partial charge < -0.3 is 14.5 Å². The minimum Gasteiger partial charge on any atom is -0.497 e. The molecule has 0 radical (unpaired) electrons. The summed E-state index contributed by atoms with van der Waals surface area (Å²) in [4.78, 5) is 31.6. The van der Waals surface area contributed by atoms with E-state index in [0.717, 1.165) is 12.0 Å². The van der Waals surface area contributed by atoms with E-state index in [1.807, 2.05) is 4.90 Å². The molecule has 6 heteroatoms. The van der Waals surface area contributed by atoms with E-state index in [2.05, 4.69) is 49.2 Å². The maximum atomic E-state index is 13.6. The van der Waals surface area contributed by atoms with Crippen molar-refractivity contribution in [2.24, 2.45) is 0 Å². The Morgan fingerprint density at radius 1 is 1.21 bits per heavy atom. The molecular weight excluding hydrogens is 432 g/mol. The first-order valence-electron chi connectivity index (χ1n) is 11.0. The van der Waals surface area contributed by atoms with Crippen molar-refractivity contribution >= 4 is 23.2 Å². The average molecular weight is 461 g/mol. The van der Waals surface area contributed by atoms with Crippen molar-refractivity contribution in [2.75, 3.05) is 26.7 Å². The molecular formula is C27H28N2O3S. The summed E-state index contributed by atoms with van der Waals surface area (Å²) in [6.07, 6.45) is 2.47. The summed E-state index contributed by atoms with van der Waals surface area (Å²) in [5, 5.41) is 2.09. The topological polar surface area (TPSA) is 49.9 Å². The molecule has 0 aliphatic carbocycles. The number of benzene rings is 2. The van der Waals surface area contributed by atoms with Crippen molar-refractivity contribution in [3.63, 3.8) is 0 Å². The molecule has 1 aliphatic heterocycles. The van der Waals surface area contributed by atoms with Crippen LogP contribution in [0.25, 0.3) is 0 Å². The molecule has 0 bridgehead atoms. The Bertz CT molecular complexity index is 1150. The van der Waals surface area contributed by atoms with Gasteiger partial charge in [0.25, 0.3) is 5.91 Å². The van der Waals surface area contributed by atoms with Crippen molar-refractivity contribution in [1.29, 1.82) is 0 Å². The highest BCUT2D eigenvalue weighted by molar-refractivity contribution is 7.10. The van der Waals surface area contributed by atoms with E-state index in [9.17, 15) is 9.59 Å². The number of carbonyl (C=O) groups is 2. The fourth-order valence-electron chi connectivity index (χ4n) is 4.26. The lowest BCUT2D eigenvalue weighted by Gasteiger charge is -2.37. The van der Waals surface area contributed by atoms with Crippen LogP contribution in [0.3, 0.4) is 0 Å². The van der Waals surface area contributed by atoms with Gasteiger partial charge in [0.2, 0.25) is 5.91 Å². The van der Waals surface area contributed by atoms with Gasteiger partial charge in [0.1, 0.15) is 12.3 Å². The normalized spacial score (nSPS) is 15.0. The van der Waals surface area contributed by atoms with E-state index in [1.165, 1.54) is 16.0 Å². The van der Waals surface area contributed by atoms with Crippen LogP contribution >= 0.6 is 11.3 Å². The predicted octanol–water partition coefficient (Wildman–Crippen LogP) is 4.87. The monoisotopic (exact) mass is 460 g/mol. The van der Waals surface area contributed by atoms with Crippen LogP contribution in [0, 0.1) is 6.92 Å². The van der Waals surface area contributed by atoms with Gasteiger partial charge in [0.15, 0.2) is 0 Å². The van der Waals surface area contributed by atoms with Crippen LogP contribution in [0.15, 0.2) is 72.6 Å². The zero-order chi connectivity index (χ0) is 23.4. The highest BCUT2D eigenvalue weighted by Crippen LogP contribution is 2.38. The second-order valence-corrected chi connectivity index (χ2v) is 9.16. The number of rotatable bonds is 7. The summed E-state index contributed by atoms with van der Waals surface area (Å²) in [6.45, 7) is 6.74. The Labute approximate surface area is 198 Å². The third kappa shape index (κ3) is 4.86. The first kappa shape index (κ1) is 22.8. The highest BCUT2D eigenvalue weighted by atomic mass is 32.1. The fourth-order valence-corrected chi connectivity index (χ4v) is 5.16. The van der Waals surface area contributed by atoms with Crippen molar-refractivity contribution in [2.45, 2.75) is 19.4 Å². The number of ether oxygens (including phenoxy) is 1. The maximum absolute atomic E-state index is 13.6. The molecule has 3 aromatic rings. The molecule has 4 rings (SSSR count). The third-order valence-electron chi connectivity index (χ3n) is 5.96. The van der Waals surface area contributed by atoms with Gasteiger partial charge in [-0.1, -0.05) is 42.0 Å². The maximum Gasteiger partial charge on any atom is 0.254 e. The Morgan fingerprint density at radius 3 is 2.73 bits per heavy atom. The van der Waals surface area contributed by atoms with Gasteiger partial charge in [-0.25, -0.2) is 0 Å². The van der Waals surface area contributed by atoms with Gasteiger partial charge in [-0.15, -0.1) is 17.9 Å². The molecule has 170 valence electrons. The predicted molar refractivity (Wildman–Crippen MR) is 132 cm³/mol. The molecule has 0 fully saturated rings. The van der Waals surface area contributed by atoms with Crippen LogP contribution in [0.4, 0.5) is 0 Å². The molecule has 0 saturated heterocycles. The zero-order valence-electron chi connectivity index (χ0n) is 19.0. The van der Waals surface area contributed by atoms with Crippen LogP contribution in [-0.4, -0.2) is 48.4 Å². The molecule has 1 aliphatic rings. The molecule has 2 amide bonds. The molecule has 1 unspecified atom stereocenters. The highest BCUT2D eigenvalue weighted by Gasteiger charge is 2.34. The van der Waals surface area contributed by atoms with E-state index < -0.39 is 0 Å². The van der Waals surface area contributed by atoms with Crippen LogP contribution in [0.1, 0.15) is 38.0 Å². The summed E-state index contributed by atoms with van der Waals surface area (Å²) in [7, 11) is 1.56. The SMILES string of the molecule is C=CCN(CC(=O)N1CCc2sccc2C1c1ccc(C)cc1)C(=O)c1cccc(OC)c1. The van der Waals surface area contributed by atoms with Crippen molar-refractivity contribution in [1.82, 2.24) is 9.80 Å². The zero-order valence-corrected chi connectivity index (χ0v) is 19.8. The Balaban J connectivity index is 1.61. The van der Waals surface area contributed by atoms with Crippen LogP contribution in [-0.2, 0) is 11.2 Å². The van der Waals surface area contributed by atoms with Crippen LogP contribution in [0.2, 0.25) is 0 Å². The summed E-state index contributed by atoms with van der Waals surface area (Å²) < 4.78 is 5.25. The Morgan fingerprint density at radius 2 is 2.00 bits per heavy atom. The number of amides is 2. The van der Waals surface area contributed by atoms with Crippen molar-refractivity contribution in [3.8, 4) is 5.75 Å². The van der Waals surface area contributed by atoms with Gasteiger partial charge >= 0.3 is 0 Å². The Kier molecular flexibility index (Phi) is 6.94. The molecule has 0 spiro atoms. The molecule has 5 nitrogen and oxygen atoms in total. The second-order valence-electron chi connectivity index (χ2n) is 8.16. The number of thiophene rings is 1. The molecule has 2 aromatic carbocycles. The quantitative estimate of drug-likeness (QED) is 0.473. The number of carbonyl (C=O) groups excluding carboxylic acids is 2. The number of nitrogens with zero attached hydrogens (tertiary/aromatic N) is 2. The molecule has 1 aromatic heterocycles. The van der Waals surface area contributed by atoms with Gasteiger partial charge in [0.05, 0.1) is 13.2 Å². The molecule has 0 N–H and O–H groups in total. The lowest BCUT2D eigenvalue weighted by molar-refractivity contribution is -0.133. The average Bonchev–Trinajstić information content (AvgIpc) is 3.32. The Hall–Kier alpha value is -3.38. The molecule has 0 saturated carbocycles. The largest absolute Gasteiger partial charge is 0.497 e. The summed E-state index contributed by atoms with van der Waals surface area (Å²) in [6, 6.07) is 17.3. The van der Waals surface area contributed by atoms with Gasteiger partial charge in [-0.05, 0) is 54.1 Å². The molecule has 33 heavy (non-hydrogen) atoms. The van der Waals surface area contributed by atoms with Gasteiger partial charge in [-0.2, -0.15) is 0 Å². The summed E-state index contributed by atoms with van der Waals surface area (Å²) >= 11 is 1.74. The molecule has 1 atom stereocenters. The number of aryl methyl sites for hydroxylation is 1. The third-order valence-corrected chi connectivity index (χ3v) is 6.96. The van der Waals surface area contributed by atoms with Gasteiger partial charge in [-0.3, -0.25) is 9.59 Å². The lowest BCUT2D eigenvalue weighted by atomic mass is 9.92. The van der Waals surface area contributed by atoms with Crippen molar-refractivity contribution in [3.05, 3.63) is 99.8 Å². The van der Waals surface area contributed by atoms with Gasteiger partial charge in [0, 0.05) is 23.5 Å². The van der Waals surface area contributed by atoms with E-state index in [0.29, 0.717) is 17.9 Å².